The average molecular weight is 157 g/mol. The summed E-state index contributed by atoms with van der Waals surface area (Å²) in [6.07, 6.45) is 2.65. The number of aliphatic hydroxyl groups is 1. The summed E-state index contributed by atoms with van der Waals surface area (Å²) in [5, 5.41) is 8.86. The minimum absolute atomic E-state index is 0.0735. The molecular formula is C8H15NO2. The lowest BCUT2D eigenvalue weighted by atomic mass is 10.2. The highest BCUT2D eigenvalue weighted by Crippen LogP contribution is 2.22. The fraction of sp³-hybridized carbons (Fsp3) is 1.00. The van der Waals surface area contributed by atoms with Crippen molar-refractivity contribution in [2.45, 2.75) is 25.0 Å². The first-order valence-electron chi connectivity index (χ1n) is 4.36. The monoisotopic (exact) mass is 157 g/mol. The van der Waals surface area contributed by atoms with Gasteiger partial charge in [0.1, 0.15) is 0 Å². The molecule has 2 atom stereocenters. The molecule has 2 aliphatic rings. The van der Waals surface area contributed by atoms with Crippen LogP contribution in [-0.4, -0.2) is 48.5 Å². The zero-order valence-corrected chi connectivity index (χ0v) is 6.70. The van der Waals surface area contributed by atoms with E-state index in [9.17, 15) is 0 Å². The van der Waals surface area contributed by atoms with Crippen molar-refractivity contribution in [2.24, 2.45) is 0 Å². The molecule has 3 heteroatoms. The lowest BCUT2D eigenvalue weighted by Gasteiger charge is -2.34. The van der Waals surface area contributed by atoms with Crippen molar-refractivity contribution in [1.82, 2.24) is 4.90 Å². The Hall–Kier alpha value is -0.120. The Balaban J connectivity index is 1.91. The number of morpholine rings is 1. The van der Waals surface area contributed by atoms with Crippen LogP contribution >= 0.6 is 0 Å². The summed E-state index contributed by atoms with van der Waals surface area (Å²) in [5.74, 6) is 0. The lowest BCUT2D eigenvalue weighted by Crippen LogP contribution is -2.47. The zero-order chi connectivity index (χ0) is 7.68. The minimum Gasteiger partial charge on any atom is -0.394 e. The third kappa shape index (κ3) is 1.41. The summed E-state index contributed by atoms with van der Waals surface area (Å²) in [5.41, 5.74) is 0. The van der Waals surface area contributed by atoms with Crippen LogP contribution in [-0.2, 0) is 4.74 Å². The van der Waals surface area contributed by atoms with Gasteiger partial charge >= 0.3 is 0 Å². The highest BCUT2D eigenvalue weighted by atomic mass is 16.5. The van der Waals surface area contributed by atoms with Gasteiger partial charge in [-0.2, -0.15) is 0 Å². The molecule has 11 heavy (non-hydrogen) atoms. The number of hydrogen-bond acceptors (Lipinski definition) is 3. The molecule has 0 amide bonds. The van der Waals surface area contributed by atoms with E-state index in [-0.39, 0.29) is 12.7 Å². The maximum atomic E-state index is 8.86. The van der Waals surface area contributed by atoms with Crippen LogP contribution in [0.15, 0.2) is 0 Å². The van der Waals surface area contributed by atoms with Crippen LogP contribution in [0.1, 0.15) is 12.8 Å². The Kier molecular flexibility index (Phi) is 2.11. The summed E-state index contributed by atoms with van der Waals surface area (Å²) in [6.45, 7) is 3.13. The second-order valence-corrected chi connectivity index (χ2v) is 3.43. The van der Waals surface area contributed by atoms with Gasteiger partial charge in [0.05, 0.1) is 19.3 Å². The summed E-state index contributed by atoms with van der Waals surface area (Å²) >= 11 is 0. The third-order valence-electron chi connectivity index (χ3n) is 2.67. The molecule has 2 saturated heterocycles. The van der Waals surface area contributed by atoms with Crippen LogP contribution in [0.2, 0.25) is 0 Å². The van der Waals surface area contributed by atoms with Gasteiger partial charge in [0.25, 0.3) is 0 Å². The van der Waals surface area contributed by atoms with E-state index in [0.29, 0.717) is 6.04 Å². The van der Waals surface area contributed by atoms with Gasteiger partial charge in [0.15, 0.2) is 0 Å². The normalized spacial score (nSPS) is 39.0. The van der Waals surface area contributed by atoms with E-state index < -0.39 is 0 Å². The summed E-state index contributed by atoms with van der Waals surface area (Å²) in [7, 11) is 0. The summed E-state index contributed by atoms with van der Waals surface area (Å²) in [4.78, 5) is 2.43. The van der Waals surface area contributed by atoms with Crippen molar-refractivity contribution in [3.63, 3.8) is 0 Å². The number of rotatable bonds is 1. The van der Waals surface area contributed by atoms with Crippen LogP contribution < -0.4 is 0 Å². The van der Waals surface area contributed by atoms with Crippen LogP contribution in [0.3, 0.4) is 0 Å². The topological polar surface area (TPSA) is 32.7 Å². The molecular weight excluding hydrogens is 142 g/mol. The molecule has 0 aromatic carbocycles. The van der Waals surface area contributed by atoms with Gasteiger partial charge in [-0.05, 0) is 19.4 Å². The molecule has 0 aliphatic carbocycles. The van der Waals surface area contributed by atoms with E-state index >= 15 is 0 Å². The van der Waals surface area contributed by atoms with E-state index in [1.165, 1.54) is 19.4 Å². The second kappa shape index (κ2) is 3.09. The molecule has 0 aromatic rings. The molecule has 0 saturated carbocycles. The number of fused-ring (bicyclic) bond motifs is 1. The van der Waals surface area contributed by atoms with Crippen LogP contribution in [0.5, 0.6) is 0 Å². The maximum absolute atomic E-state index is 8.86. The first-order chi connectivity index (χ1) is 5.40. The number of nitrogens with zero attached hydrogens (tertiary/aromatic N) is 1. The molecule has 0 unspecified atom stereocenters. The van der Waals surface area contributed by atoms with Gasteiger partial charge in [-0.15, -0.1) is 0 Å². The van der Waals surface area contributed by atoms with E-state index in [2.05, 4.69) is 4.90 Å². The van der Waals surface area contributed by atoms with Crippen molar-refractivity contribution < 1.29 is 9.84 Å². The van der Waals surface area contributed by atoms with Gasteiger partial charge in [0.2, 0.25) is 0 Å². The van der Waals surface area contributed by atoms with Crippen molar-refractivity contribution in [1.29, 1.82) is 0 Å². The Morgan fingerprint density at radius 1 is 1.55 bits per heavy atom. The molecule has 2 fully saturated rings. The molecule has 2 heterocycles. The fourth-order valence-electron chi connectivity index (χ4n) is 2.00. The van der Waals surface area contributed by atoms with Crippen LogP contribution in [0.4, 0.5) is 0 Å². The average Bonchev–Trinajstić information content (AvgIpc) is 2.50. The van der Waals surface area contributed by atoms with Crippen molar-refractivity contribution >= 4 is 0 Å². The quantitative estimate of drug-likeness (QED) is 0.574. The number of hydrogen-bond donors (Lipinski definition) is 1. The minimum atomic E-state index is 0.0735. The highest BCUT2D eigenvalue weighted by Gasteiger charge is 2.31. The standard InChI is InChI=1S/C8H15NO2/c10-5-8-4-9-3-1-2-7(9)6-11-8/h7-8,10H,1-6H2/t7-,8+/m0/s1. The lowest BCUT2D eigenvalue weighted by molar-refractivity contribution is -0.0695. The van der Waals surface area contributed by atoms with Gasteiger partial charge in [-0.1, -0.05) is 0 Å². The smallest absolute Gasteiger partial charge is 0.0933 e. The van der Waals surface area contributed by atoms with Gasteiger partial charge in [0, 0.05) is 12.6 Å². The molecule has 0 aromatic heterocycles. The number of aliphatic hydroxyl groups excluding tert-OH is 1. The van der Waals surface area contributed by atoms with E-state index in [0.717, 1.165) is 13.2 Å². The molecule has 2 aliphatic heterocycles. The Labute approximate surface area is 66.9 Å². The van der Waals surface area contributed by atoms with Crippen LogP contribution in [0, 0.1) is 0 Å². The largest absolute Gasteiger partial charge is 0.394 e. The van der Waals surface area contributed by atoms with E-state index in [1.54, 1.807) is 0 Å². The molecule has 2 rings (SSSR count). The van der Waals surface area contributed by atoms with Gasteiger partial charge in [-0.25, -0.2) is 0 Å². The maximum Gasteiger partial charge on any atom is 0.0933 e. The first kappa shape index (κ1) is 7.53. The second-order valence-electron chi connectivity index (χ2n) is 3.43. The Morgan fingerprint density at radius 2 is 2.45 bits per heavy atom. The fourth-order valence-corrected chi connectivity index (χ4v) is 2.00. The third-order valence-corrected chi connectivity index (χ3v) is 2.67. The predicted molar refractivity (Wildman–Crippen MR) is 41.4 cm³/mol. The predicted octanol–water partition coefficient (Wildman–Crippen LogP) is -0.158. The zero-order valence-electron chi connectivity index (χ0n) is 6.70. The van der Waals surface area contributed by atoms with Gasteiger partial charge < -0.3 is 9.84 Å². The summed E-state index contributed by atoms with van der Waals surface area (Å²) in [6, 6.07) is 0.651. The molecule has 3 nitrogen and oxygen atoms in total. The number of ether oxygens (including phenoxy) is 1. The van der Waals surface area contributed by atoms with Crippen LogP contribution in [0.25, 0.3) is 0 Å². The molecule has 0 radical (unpaired) electrons. The first-order valence-corrected chi connectivity index (χ1v) is 4.36. The van der Waals surface area contributed by atoms with E-state index in [4.69, 9.17) is 9.84 Å². The van der Waals surface area contributed by atoms with E-state index in [1.807, 2.05) is 0 Å². The molecule has 0 bridgehead atoms. The molecule has 64 valence electrons. The van der Waals surface area contributed by atoms with Crippen molar-refractivity contribution in [2.75, 3.05) is 26.3 Å². The highest BCUT2D eigenvalue weighted by molar-refractivity contribution is 4.84. The molecule has 1 N–H and O–H groups in total. The molecule has 0 spiro atoms. The van der Waals surface area contributed by atoms with Gasteiger partial charge in [-0.3, -0.25) is 4.90 Å². The Morgan fingerprint density at radius 3 is 3.27 bits per heavy atom. The SMILES string of the molecule is OC[C@H]1CN2CCC[C@H]2CO1. The van der Waals surface area contributed by atoms with Crippen molar-refractivity contribution in [3.05, 3.63) is 0 Å². The van der Waals surface area contributed by atoms with Crippen molar-refractivity contribution in [3.8, 4) is 0 Å². The summed E-state index contributed by atoms with van der Waals surface area (Å²) < 4.78 is 5.45. The Bertz CT molecular complexity index is 140.